The molecular formula is C16H17NO5S. The molecule has 0 spiro atoms. The lowest BCUT2D eigenvalue weighted by atomic mass is 10.2. The minimum absolute atomic E-state index is 0.170. The largest absolute Gasteiger partial charge is 0.497 e. The van der Waals surface area contributed by atoms with Crippen molar-refractivity contribution >= 4 is 23.3 Å². The summed E-state index contributed by atoms with van der Waals surface area (Å²) >= 11 is 1.32. The minimum atomic E-state index is -0.918. The average molecular weight is 335 g/mol. The predicted octanol–water partition coefficient (Wildman–Crippen LogP) is 2.93. The molecule has 6 nitrogen and oxygen atoms in total. The molecule has 1 unspecified atom stereocenters. The summed E-state index contributed by atoms with van der Waals surface area (Å²) in [5.41, 5.74) is 1.04. The molecule has 0 aliphatic heterocycles. The Hall–Kier alpha value is -2.41. The van der Waals surface area contributed by atoms with Crippen LogP contribution < -0.4 is 4.74 Å². The van der Waals surface area contributed by atoms with Gasteiger partial charge in [0.2, 0.25) is 0 Å². The summed E-state index contributed by atoms with van der Waals surface area (Å²) in [4.78, 5) is 27.8. The van der Waals surface area contributed by atoms with Crippen molar-refractivity contribution in [2.24, 2.45) is 0 Å². The van der Waals surface area contributed by atoms with E-state index in [1.807, 2.05) is 24.3 Å². The van der Waals surface area contributed by atoms with Crippen LogP contribution >= 0.6 is 11.3 Å². The predicted molar refractivity (Wildman–Crippen MR) is 85.6 cm³/mol. The first-order valence-corrected chi connectivity index (χ1v) is 7.85. The molecular weight excluding hydrogens is 318 g/mol. The molecule has 1 aromatic carbocycles. The van der Waals surface area contributed by atoms with Crippen LogP contribution in [0.3, 0.4) is 0 Å². The van der Waals surface area contributed by atoms with Gasteiger partial charge in [-0.25, -0.2) is 14.6 Å². The molecule has 0 aliphatic rings. The zero-order chi connectivity index (χ0) is 16.8. The van der Waals surface area contributed by atoms with Gasteiger partial charge in [-0.1, -0.05) is 6.92 Å². The van der Waals surface area contributed by atoms with E-state index < -0.39 is 18.0 Å². The van der Waals surface area contributed by atoms with E-state index in [0.29, 0.717) is 11.4 Å². The van der Waals surface area contributed by atoms with Gasteiger partial charge in [0.1, 0.15) is 10.8 Å². The number of esters is 2. The van der Waals surface area contributed by atoms with Crippen molar-refractivity contribution in [3.05, 3.63) is 35.3 Å². The van der Waals surface area contributed by atoms with Crippen LogP contribution in [-0.2, 0) is 14.3 Å². The fraction of sp³-hybridized carbons (Fsp3) is 0.312. The molecule has 0 aliphatic carbocycles. The first-order chi connectivity index (χ1) is 11.1. The van der Waals surface area contributed by atoms with Crippen LogP contribution in [0.5, 0.6) is 5.75 Å². The molecule has 0 saturated heterocycles. The lowest BCUT2D eigenvalue weighted by Gasteiger charge is -2.12. The number of rotatable bonds is 6. The maximum Gasteiger partial charge on any atom is 0.358 e. The molecule has 0 N–H and O–H groups in total. The van der Waals surface area contributed by atoms with Crippen LogP contribution in [0.25, 0.3) is 10.6 Å². The Balaban J connectivity index is 2.11. The van der Waals surface area contributed by atoms with E-state index in [-0.39, 0.29) is 5.69 Å². The molecule has 23 heavy (non-hydrogen) atoms. The first kappa shape index (κ1) is 17.0. The summed E-state index contributed by atoms with van der Waals surface area (Å²) in [5.74, 6) is -0.474. The number of methoxy groups -OCH3 is 2. The van der Waals surface area contributed by atoms with Crippen molar-refractivity contribution in [2.75, 3.05) is 14.2 Å². The highest BCUT2D eigenvalue weighted by atomic mass is 32.1. The number of thiazole rings is 1. The number of ether oxygens (including phenoxy) is 3. The molecule has 2 aromatic rings. The van der Waals surface area contributed by atoms with Gasteiger partial charge in [-0.05, 0) is 30.7 Å². The molecule has 1 aromatic heterocycles. The Morgan fingerprint density at radius 1 is 1.22 bits per heavy atom. The van der Waals surface area contributed by atoms with Gasteiger partial charge in [-0.3, -0.25) is 0 Å². The standard InChI is InChI=1S/C16H17NO5S/c1-4-13(16(19)21-3)22-15(18)12-9-23-14(17-12)10-5-7-11(20-2)8-6-10/h5-9,13H,4H2,1-3H3. The number of aromatic nitrogens is 1. The van der Waals surface area contributed by atoms with Crippen LogP contribution in [0.15, 0.2) is 29.6 Å². The number of hydrogen-bond acceptors (Lipinski definition) is 7. The molecule has 0 fully saturated rings. The molecule has 7 heteroatoms. The molecule has 1 atom stereocenters. The third-order valence-corrected chi connectivity index (χ3v) is 4.03. The summed E-state index contributed by atoms with van der Waals surface area (Å²) in [7, 11) is 2.85. The first-order valence-electron chi connectivity index (χ1n) is 6.97. The van der Waals surface area contributed by atoms with Crippen LogP contribution in [-0.4, -0.2) is 37.2 Å². The summed E-state index contributed by atoms with van der Waals surface area (Å²) in [5, 5.41) is 2.29. The Morgan fingerprint density at radius 3 is 2.48 bits per heavy atom. The average Bonchev–Trinajstić information content (AvgIpc) is 3.09. The second-order valence-corrected chi connectivity index (χ2v) is 5.45. The fourth-order valence-electron chi connectivity index (χ4n) is 1.85. The number of hydrogen-bond donors (Lipinski definition) is 0. The molecule has 0 bridgehead atoms. The molecule has 122 valence electrons. The van der Waals surface area contributed by atoms with E-state index in [0.717, 1.165) is 11.3 Å². The highest BCUT2D eigenvalue weighted by Gasteiger charge is 2.24. The Labute approximate surface area is 138 Å². The monoisotopic (exact) mass is 335 g/mol. The van der Waals surface area contributed by atoms with E-state index in [9.17, 15) is 9.59 Å². The van der Waals surface area contributed by atoms with Crippen molar-refractivity contribution in [1.29, 1.82) is 0 Å². The van der Waals surface area contributed by atoms with E-state index in [4.69, 9.17) is 9.47 Å². The zero-order valence-electron chi connectivity index (χ0n) is 13.1. The lowest BCUT2D eigenvalue weighted by Crippen LogP contribution is -2.27. The molecule has 2 rings (SSSR count). The Kier molecular flexibility index (Phi) is 5.70. The van der Waals surface area contributed by atoms with Crippen LogP contribution in [0.2, 0.25) is 0 Å². The van der Waals surface area contributed by atoms with Crippen molar-refractivity contribution in [2.45, 2.75) is 19.4 Å². The van der Waals surface area contributed by atoms with Crippen LogP contribution in [0.1, 0.15) is 23.8 Å². The van der Waals surface area contributed by atoms with Crippen molar-refractivity contribution < 1.29 is 23.8 Å². The quantitative estimate of drug-likeness (QED) is 0.756. The summed E-state index contributed by atoms with van der Waals surface area (Å²) in [6.45, 7) is 1.73. The highest BCUT2D eigenvalue weighted by Crippen LogP contribution is 2.26. The number of nitrogens with zero attached hydrogens (tertiary/aromatic N) is 1. The van der Waals surface area contributed by atoms with Gasteiger partial charge in [-0.15, -0.1) is 11.3 Å². The van der Waals surface area contributed by atoms with Crippen molar-refractivity contribution in [3.8, 4) is 16.3 Å². The molecule has 1 heterocycles. The molecule has 0 radical (unpaired) electrons. The van der Waals surface area contributed by atoms with E-state index in [1.54, 1.807) is 19.4 Å². The van der Waals surface area contributed by atoms with Gasteiger partial charge >= 0.3 is 11.9 Å². The summed E-state index contributed by atoms with van der Waals surface area (Å²) in [6, 6.07) is 7.35. The molecule has 0 saturated carbocycles. The van der Waals surface area contributed by atoms with Crippen molar-refractivity contribution in [1.82, 2.24) is 4.98 Å². The van der Waals surface area contributed by atoms with Gasteiger partial charge in [0.05, 0.1) is 14.2 Å². The number of benzene rings is 1. The topological polar surface area (TPSA) is 74.7 Å². The van der Waals surface area contributed by atoms with E-state index >= 15 is 0 Å². The SMILES string of the molecule is CCC(OC(=O)c1csc(-c2ccc(OC)cc2)n1)C(=O)OC. The van der Waals surface area contributed by atoms with Gasteiger partial charge < -0.3 is 14.2 Å². The summed E-state index contributed by atoms with van der Waals surface area (Å²) in [6.07, 6.45) is -0.577. The Morgan fingerprint density at radius 2 is 1.91 bits per heavy atom. The van der Waals surface area contributed by atoms with Gasteiger partial charge in [0, 0.05) is 10.9 Å². The Bertz CT molecular complexity index is 680. The number of carbonyl (C=O) groups excluding carboxylic acids is 2. The third kappa shape index (κ3) is 4.07. The highest BCUT2D eigenvalue weighted by molar-refractivity contribution is 7.13. The van der Waals surface area contributed by atoms with E-state index in [1.165, 1.54) is 18.4 Å². The van der Waals surface area contributed by atoms with Gasteiger partial charge in [0.25, 0.3) is 0 Å². The zero-order valence-corrected chi connectivity index (χ0v) is 13.9. The maximum atomic E-state index is 12.1. The van der Waals surface area contributed by atoms with E-state index in [2.05, 4.69) is 9.72 Å². The van der Waals surface area contributed by atoms with Gasteiger partial charge in [-0.2, -0.15) is 0 Å². The lowest BCUT2D eigenvalue weighted by molar-refractivity contribution is -0.151. The second-order valence-electron chi connectivity index (χ2n) is 4.59. The van der Waals surface area contributed by atoms with Crippen molar-refractivity contribution in [3.63, 3.8) is 0 Å². The normalized spacial score (nSPS) is 11.6. The minimum Gasteiger partial charge on any atom is -0.497 e. The fourth-order valence-corrected chi connectivity index (χ4v) is 2.65. The number of carbonyl (C=O) groups is 2. The molecule has 0 amide bonds. The van der Waals surface area contributed by atoms with Gasteiger partial charge in [0.15, 0.2) is 11.8 Å². The smallest absolute Gasteiger partial charge is 0.358 e. The summed E-state index contributed by atoms with van der Waals surface area (Å²) < 4.78 is 14.8. The third-order valence-electron chi connectivity index (χ3n) is 3.13. The maximum absolute atomic E-state index is 12.1. The second kappa shape index (κ2) is 7.73. The van der Waals surface area contributed by atoms with Crippen LogP contribution in [0.4, 0.5) is 0 Å². The van der Waals surface area contributed by atoms with Crippen LogP contribution in [0, 0.1) is 0 Å².